The normalized spacial score (nSPS) is 12.8. The molecule has 172 valence electrons. The quantitative estimate of drug-likeness (QED) is 0.259. The average Bonchev–Trinajstić information content (AvgIpc) is 2.88. The van der Waals surface area contributed by atoms with Gasteiger partial charge in [0.2, 0.25) is 0 Å². The van der Waals surface area contributed by atoms with Crippen LogP contribution < -0.4 is 15.3 Å². The van der Waals surface area contributed by atoms with Gasteiger partial charge in [-0.05, 0) is 47.9 Å². The molecule has 0 N–H and O–H groups in total. The Balaban J connectivity index is 1.53. The largest absolute Gasteiger partial charge is 0.471 e. The number of nitrogens with zero attached hydrogens (tertiary/aromatic N) is 1. The zero-order valence-corrected chi connectivity index (χ0v) is 19.3. The fourth-order valence-corrected chi connectivity index (χ4v) is 4.38. The number of anilines is 1. The summed E-state index contributed by atoms with van der Waals surface area (Å²) in [4.78, 5) is 26.6. The number of carbonyl (C=O) groups is 1. The Hall–Kier alpha value is -3.77. The van der Waals surface area contributed by atoms with Crippen molar-refractivity contribution >= 4 is 34.2 Å². The van der Waals surface area contributed by atoms with E-state index in [4.69, 9.17) is 25.5 Å². The number of benzene rings is 3. The van der Waals surface area contributed by atoms with Gasteiger partial charge in [0.1, 0.15) is 11.3 Å². The molecule has 0 unspecified atom stereocenters. The van der Waals surface area contributed by atoms with Gasteiger partial charge in [0, 0.05) is 17.1 Å². The van der Waals surface area contributed by atoms with Gasteiger partial charge in [-0.3, -0.25) is 0 Å². The Bertz CT molecular complexity index is 1410. The molecule has 0 bridgehead atoms. The summed E-state index contributed by atoms with van der Waals surface area (Å²) >= 11 is 6.60. The number of carbonyl (C=O) groups excluding carboxylic acids is 1. The molecule has 0 amide bonds. The van der Waals surface area contributed by atoms with Gasteiger partial charge in [0.25, 0.3) is 0 Å². The van der Waals surface area contributed by atoms with Crippen molar-refractivity contribution in [3.05, 3.63) is 93.3 Å². The van der Waals surface area contributed by atoms with Crippen LogP contribution in [0.2, 0.25) is 5.02 Å². The molecule has 34 heavy (non-hydrogen) atoms. The minimum Gasteiger partial charge on any atom is -0.471 e. The lowest BCUT2D eigenvalue weighted by Crippen LogP contribution is -2.32. The number of fused-ring (bicyclic) bond motifs is 3. The van der Waals surface area contributed by atoms with E-state index < -0.39 is 5.63 Å². The second-order valence-corrected chi connectivity index (χ2v) is 8.45. The van der Waals surface area contributed by atoms with Crippen molar-refractivity contribution in [2.75, 3.05) is 18.2 Å². The SMILES string of the molecule is CCCOC(=O)c1ccc(N2COc3c(Cl)cc4c(-c5ccccc5)cc(=O)oc4c3C2)cc1. The van der Waals surface area contributed by atoms with Crippen molar-refractivity contribution in [3.63, 3.8) is 0 Å². The topological polar surface area (TPSA) is 69.0 Å². The van der Waals surface area contributed by atoms with Crippen LogP contribution in [0, 0.1) is 0 Å². The van der Waals surface area contributed by atoms with Gasteiger partial charge in [-0.15, -0.1) is 0 Å². The summed E-state index contributed by atoms with van der Waals surface area (Å²) in [7, 11) is 0. The lowest BCUT2D eigenvalue weighted by atomic mass is 9.99. The van der Waals surface area contributed by atoms with E-state index in [2.05, 4.69) is 0 Å². The summed E-state index contributed by atoms with van der Waals surface area (Å²) < 4.78 is 16.8. The zero-order chi connectivity index (χ0) is 23.7. The van der Waals surface area contributed by atoms with E-state index in [1.54, 1.807) is 18.2 Å². The van der Waals surface area contributed by atoms with Crippen LogP contribution in [0.15, 0.2) is 75.9 Å². The van der Waals surface area contributed by atoms with Gasteiger partial charge in [0.05, 0.1) is 29.3 Å². The molecule has 1 aliphatic rings. The average molecular weight is 476 g/mol. The maximum Gasteiger partial charge on any atom is 0.338 e. The summed E-state index contributed by atoms with van der Waals surface area (Å²) in [6, 6.07) is 20.1. The first kappa shape index (κ1) is 22.0. The smallest absolute Gasteiger partial charge is 0.338 e. The van der Waals surface area contributed by atoms with E-state index in [-0.39, 0.29) is 12.7 Å². The van der Waals surface area contributed by atoms with Crippen molar-refractivity contribution in [3.8, 4) is 16.9 Å². The highest BCUT2D eigenvalue weighted by atomic mass is 35.5. The zero-order valence-electron chi connectivity index (χ0n) is 18.5. The van der Waals surface area contributed by atoms with Crippen LogP contribution in [-0.2, 0) is 11.3 Å². The molecule has 0 saturated heterocycles. The molecule has 2 heterocycles. The van der Waals surface area contributed by atoms with E-state index in [1.807, 2.05) is 54.3 Å². The number of hydrogen-bond acceptors (Lipinski definition) is 6. The third kappa shape index (κ3) is 4.13. The van der Waals surface area contributed by atoms with E-state index in [0.717, 1.165) is 28.6 Å². The van der Waals surface area contributed by atoms with Crippen molar-refractivity contribution in [1.82, 2.24) is 0 Å². The highest BCUT2D eigenvalue weighted by molar-refractivity contribution is 6.33. The van der Waals surface area contributed by atoms with Gasteiger partial charge in [0.15, 0.2) is 6.73 Å². The Morgan fingerprint density at radius 2 is 1.85 bits per heavy atom. The van der Waals surface area contributed by atoms with Gasteiger partial charge in [-0.25, -0.2) is 9.59 Å². The molecule has 0 aliphatic carbocycles. The maximum absolute atomic E-state index is 12.5. The Labute approximate surface area is 201 Å². The molecular weight excluding hydrogens is 454 g/mol. The standard InChI is InChI=1S/C27H22ClNO5/c1-2-12-32-27(31)18-8-10-19(11-9-18)29-15-22-25-21(13-23(28)26(22)33-16-29)20(14-24(30)34-25)17-6-4-3-5-7-17/h3-11,13-14H,2,12,15-16H2,1H3. The van der Waals surface area contributed by atoms with Crippen molar-refractivity contribution < 1.29 is 18.7 Å². The van der Waals surface area contributed by atoms with Crippen LogP contribution in [-0.4, -0.2) is 19.3 Å². The fraction of sp³-hybridized carbons (Fsp3) is 0.185. The van der Waals surface area contributed by atoms with Crippen LogP contribution in [0.1, 0.15) is 29.3 Å². The fourth-order valence-electron chi connectivity index (χ4n) is 4.10. The number of halogens is 1. The molecule has 0 spiro atoms. The van der Waals surface area contributed by atoms with Crippen molar-refractivity contribution in [2.45, 2.75) is 19.9 Å². The minimum atomic E-state index is -0.442. The van der Waals surface area contributed by atoms with Gasteiger partial charge < -0.3 is 18.8 Å². The molecule has 0 atom stereocenters. The Morgan fingerprint density at radius 1 is 1.09 bits per heavy atom. The molecule has 0 saturated carbocycles. The molecule has 6 nitrogen and oxygen atoms in total. The molecule has 3 aromatic carbocycles. The third-order valence-corrected chi connectivity index (χ3v) is 6.02. The summed E-state index contributed by atoms with van der Waals surface area (Å²) in [6.45, 7) is 3.03. The van der Waals surface area contributed by atoms with Crippen LogP contribution in [0.5, 0.6) is 5.75 Å². The molecule has 5 rings (SSSR count). The Kier molecular flexibility index (Phi) is 5.99. The number of rotatable bonds is 5. The predicted molar refractivity (Wildman–Crippen MR) is 132 cm³/mol. The predicted octanol–water partition coefficient (Wildman–Crippen LogP) is 6.04. The van der Waals surface area contributed by atoms with Gasteiger partial charge in [-0.1, -0.05) is 48.9 Å². The number of esters is 1. The summed E-state index contributed by atoms with van der Waals surface area (Å²) in [6.07, 6.45) is 0.771. The lowest BCUT2D eigenvalue weighted by molar-refractivity contribution is 0.0505. The van der Waals surface area contributed by atoms with E-state index >= 15 is 0 Å². The highest BCUT2D eigenvalue weighted by Gasteiger charge is 2.26. The monoisotopic (exact) mass is 475 g/mol. The van der Waals surface area contributed by atoms with Gasteiger partial charge in [-0.2, -0.15) is 0 Å². The van der Waals surface area contributed by atoms with Gasteiger partial charge >= 0.3 is 11.6 Å². The molecule has 0 fully saturated rings. The second-order valence-electron chi connectivity index (χ2n) is 8.04. The number of hydrogen-bond donors (Lipinski definition) is 0. The molecule has 1 aliphatic heterocycles. The summed E-state index contributed by atoms with van der Waals surface area (Å²) in [5.74, 6) is 0.167. The summed E-state index contributed by atoms with van der Waals surface area (Å²) in [5.41, 5.74) is 3.71. The van der Waals surface area contributed by atoms with E-state index in [1.165, 1.54) is 6.07 Å². The molecular formula is C27H22ClNO5. The molecule has 7 heteroatoms. The van der Waals surface area contributed by atoms with Crippen molar-refractivity contribution in [1.29, 1.82) is 0 Å². The van der Waals surface area contributed by atoms with Crippen LogP contribution in [0.3, 0.4) is 0 Å². The van der Waals surface area contributed by atoms with Crippen LogP contribution in [0.25, 0.3) is 22.1 Å². The second kappa shape index (κ2) is 9.23. The lowest BCUT2D eigenvalue weighted by Gasteiger charge is -2.31. The maximum atomic E-state index is 12.5. The first-order chi connectivity index (χ1) is 16.5. The molecule has 4 aromatic rings. The number of ether oxygens (including phenoxy) is 2. The minimum absolute atomic E-state index is 0.264. The first-order valence-corrected chi connectivity index (χ1v) is 11.4. The Morgan fingerprint density at radius 3 is 2.59 bits per heavy atom. The molecule has 0 radical (unpaired) electrons. The van der Waals surface area contributed by atoms with Crippen LogP contribution in [0.4, 0.5) is 5.69 Å². The third-order valence-electron chi connectivity index (χ3n) is 5.74. The van der Waals surface area contributed by atoms with Crippen molar-refractivity contribution in [2.24, 2.45) is 0 Å². The first-order valence-electron chi connectivity index (χ1n) is 11.0. The van der Waals surface area contributed by atoms with E-state index in [0.29, 0.717) is 40.6 Å². The molecule has 1 aromatic heterocycles. The van der Waals surface area contributed by atoms with Crippen LogP contribution >= 0.6 is 11.6 Å². The highest BCUT2D eigenvalue weighted by Crippen LogP contribution is 2.42. The van der Waals surface area contributed by atoms with E-state index in [9.17, 15) is 9.59 Å². The summed E-state index contributed by atoms with van der Waals surface area (Å²) in [5, 5.41) is 1.20.